The number of carboxylic acid groups (broad SMARTS) is 1. The summed E-state index contributed by atoms with van der Waals surface area (Å²) in [6.07, 6.45) is 4.40. The second-order valence-corrected chi connectivity index (χ2v) is 10.4. The average molecular weight is 511 g/mol. The molecular weight excluding hydrogens is 476 g/mol. The van der Waals surface area contributed by atoms with Crippen LogP contribution in [0.1, 0.15) is 49.1 Å². The number of nitriles is 1. The summed E-state index contributed by atoms with van der Waals surface area (Å²) in [5.41, 5.74) is 4.80. The number of hydrogen-bond donors (Lipinski definition) is 1. The zero-order valence-corrected chi connectivity index (χ0v) is 21.8. The molecule has 1 aliphatic carbocycles. The van der Waals surface area contributed by atoms with E-state index in [4.69, 9.17) is 9.47 Å². The highest BCUT2D eigenvalue weighted by Crippen LogP contribution is 2.45. The average Bonchev–Trinajstić information content (AvgIpc) is 3.80. The molecular formula is C32H34N2O4. The molecule has 1 saturated heterocycles. The lowest BCUT2D eigenvalue weighted by Gasteiger charge is -2.35. The fraction of sp³-hybridized carbons (Fsp3) is 0.375. The maximum Gasteiger partial charge on any atom is 0.303 e. The van der Waals surface area contributed by atoms with Gasteiger partial charge in [0.2, 0.25) is 0 Å². The molecule has 2 fully saturated rings. The van der Waals surface area contributed by atoms with Gasteiger partial charge >= 0.3 is 5.97 Å². The molecule has 0 spiro atoms. The molecule has 1 N–H and O–H groups in total. The Morgan fingerprint density at radius 1 is 1.00 bits per heavy atom. The number of nitrogens with zero attached hydrogens (tertiary/aromatic N) is 2. The predicted octanol–water partition coefficient (Wildman–Crippen LogP) is 6.50. The van der Waals surface area contributed by atoms with Gasteiger partial charge in [-0.05, 0) is 79.3 Å². The monoisotopic (exact) mass is 510 g/mol. The molecule has 1 atom stereocenters. The summed E-state index contributed by atoms with van der Waals surface area (Å²) < 4.78 is 11.7. The van der Waals surface area contributed by atoms with Gasteiger partial charge in [0.05, 0.1) is 31.8 Å². The van der Waals surface area contributed by atoms with Crippen molar-refractivity contribution < 1.29 is 19.4 Å². The second kappa shape index (κ2) is 11.6. The molecule has 0 unspecified atom stereocenters. The minimum Gasteiger partial charge on any atom is -0.497 e. The van der Waals surface area contributed by atoms with Crippen LogP contribution >= 0.6 is 0 Å². The summed E-state index contributed by atoms with van der Waals surface area (Å²) in [6, 6.07) is 24.1. The molecule has 1 aliphatic heterocycles. The zero-order chi connectivity index (χ0) is 26.5. The molecule has 3 aromatic rings. The van der Waals surface area contributed by atoms with E-state index in [1.165, 1.54) is 0 Å². The summed E-state index contributed by atoms with van der Waals surface area (Å²) in [6.45, 7) is 2.43. The fourth-order valence-electron chi connectivity index (χ4n) is 5.58. The minimum absolute atomic E-state index is 0.0718. The van der Waals surface area contributed by atoms with Gasteiger partial charge in [0.15, 0.2) is 0 Å². The summed E-state index contributed by atoms with van der Waals surface area (Å²) in [7, 11) is 1.68. The fourth-order valence-corrected chi connectivity index (χ4v) is 5.58. The molecule has 3 aromatic carbocycles. The van der Waals surface area contributed by atoms with E-state index in [0.717, 1.165) is 72.6 Å². The number of benzene rings is 3. The van der Waals surface area contributed by atoms with E-state index in [1.54, 1.807) is 7.11 Å². The number of hydrogen-bond acceptors (Lipinski definition) is 5. The topological polar surface area (TPSA) is 82.8 Å². The van der Waals surface area contributed by atoms with Crippen molar-refractivity contribution in [2.45, 2.75) is 38.0 Å². The molecule has 6 nitrogen and oxygen atoms in total. The van der Waals surface area contributed by atoms with Gasteiger partial charge in [0.1, 0.15) is 11.5 Å². The maximum atomic E-state index is 11.4. The number of methoxy groups -OCH3 is 1. The van der Waals surface area contributed by atoms with Crippen molar-refractivity contribution in [3.05, 3.63) is 77.9 Å². The van der Waals surface area contributed by atoms with E-state index in [2.05, 4.69) is 17.0 Å². The van der Waals surface area contributed by atoms with E-state index in [9.17, 15) is 15.2 Å². The first-order valence-electron chi connectivity index (χ1n) is 13.4. The quantitative estimate of drug-likeness (QED) is 0.335. The SMILES string of the molecule is COc1ccc(-c2ccccc2C#N)c(N2CCC(COc3cccc([C@@H](CC(=O)O)C4CC4)c3)CC2)c1. The Kier molecular flexibility index (Phi) is 7.83. The van der Waals surface area contributed by atoms with E-state index < -0.39 is 5.97 Å². The number of aliphatic carboxylic acids is 1. The standard InChI is InChI=1S/C32H34N2O4/c1-37-26-11-12-29(28-8-3-2-5-25(28)20-33)31(18-26)34-15-13-22(14-16-34)21-38-27-7-4-6-24(17-27)30(19-32(35)36)23-9-10-23/h2-8,11-12,17-18,22-23,30H,9-10,13-16,19,21H2,1H3,(H,35,36)/t30-/m0/s1. The third-order valence-corrected chi connectivity index (χ3v) is 7.86. The van der Waals surface area contributed by atoms with Crippen molar-refractivity contribution in [3.63, 3.8) is 0 Å². The highest BCUT2D eigenvalue weighted by Gasteiger charge is 2.34. The van der Waals surface area contributed by atoms with Crippen LogP contribution in [-0.4, -0.2) is 37.9 Å². The van der Waals surface area contributed by atoms with Crippen molar-refractivity contribution >= 4 is 11.7 Å². The lowest BCUT2D eigenvalue weighted by Crippen LogP contribution is -2.35. The third kappa shape index (κ3) is 5.94. The normalized spacial score (nSPS) is 16.5. The lowest BCUT2D eigenvalue weighted by molar-refractivity contribution is -0.137. The number of carbonyl (C=O) groups is 1. The van der Waals surface area contributed by atoms with Crippen LogP contribution in [-0.2, 0) is 4.79 Å². The largest absolute Gasteiger partial charge is 0.497 e. The molecule has 2 aliphatic rings. The van der Waals surface area contributed by atoms with Gasteiger partial charge < -0.3 is 19.5 Å². The number of ether oxygens (including phenoxy) is 2. The zero-order valence-electron chi connectivity index (χ0n) is 21.8. The van der Waals surface area contributed by atoms with E-state index in [0.29, 0.717) is 24.0 Å². The molecule has 196 valence electrons. The molecule has 0 radical (unpaired) electrons. The Bertz CT molecular complexity index is 1320. The number of carboxylic acids is 1. The van der Waals surface area contributed by atoms with Crippen molar-refractivity contribution in [1.82, 2.24) is 0 Å². The first kappa shape index (κ1) is 25.7. The minimum atomic E-state index is -0.740. The van der Waals surface area contributed by atoms with Crippen molar-refractivity contribution in [2.24, 2.45) is 11.8 Å². The van der Waals surface area contributed by atoms with Gasteiger partial charge in [-0.2, -0.15) is 5.26 Å². The first-order chi connectivity index (χ1) is 18.6. The smallest absolute Gasteiger partial charge is 0.303 e. The van der Waals surface area contributed by atoms with Crippen LogP contribution in [0.15, 0.2) is 66.7 Å². The Morgan fingerprint density at radius 3 is 2.50 bits per heavy atom. The Morgan fingerprint density at radius 2 is 1.79 bits per heavy atom. The molecule has 0 amide bonds. The summed E-state index contributed by atoms with van der Waals surface area (Å²) in [4.78, 5) is 13.8. The molecule has 38 heavy (non-hydrogen) atoms. The van der Waals surface area contributed by atoms with Crippen LogP contribution in [0.2, 0.25) is 0 Å². The van der Waals surface area contributed by atoms with E-state index in [-0.39, 0.29) is 12.3 Å². The van der Waals surface area contributed by atoms with Crippen molar-refractivity contribution in [2.75, 3.05) is 31.7 Å². The molecule has 5 rings (SSSR count). The Labute approximate surface area is 224 Å². The third-order valence-electron chi connectivity index (χ3n) is 7.86. The van der Waals surface area contributed by atoms with Crippen molar-refractivity contribution in [3.8, 4) is 28.7 Å². The number of piperidine rings is 1. The first-order valence-corrected chi connectivity index (χ1v) is 13.4. The Balaban J connectivity index is 1.24. The van der Waals surface area contributed by atoms with Gasteiger partial charge in [-0.3, -0.25) is 4.79 Å². The molecule has 0 aromatic heterocycles. The van der Waals surface area contributed by atoms with Gasteiger partial charge in [-0.25, -0.2) is 0 Å². The van der Waals surface area contributed by atoms with Crippen LogP contribution in [0.3, 0.4) is 0 Å². The molecule has 1 heterocycles. The number of rotatable bonds is 10. The van der Waals surface area contributed by atoms with Crippen LogP contribution in [0.5, 0.6) is 11.5 Å². The van der Waals surface area contributed by atoms with Gasteiger partial charge in [0.25, 0.3) is 0 Å². The van der Waals surface area contributed by atoms with Gasteiger partial charge in [0, 0.05) is 36.0 Å². The second-order valence-electron chi connectivity index (χ2n) is 10.4. The van der Waals surface area contributed by atoms with Crippen molar-refractivity contribution in [1.29, 1.82) is 5.26 Å². The molecule has 1 saturated carbocycles. The van der Waals surface area contributed by atoms with E-state index >= 15 is 0 Å². The van der Waals surface area contributed by atoms with Crippen LogP contribution in [0.25, 0.3) is 11.1 Å². The highest BCUT2D eigenvalue weighted by molar-refractivity contribution is 5.83. The lowest BCUT2D eigenvalue weighted by atomic mass is 9.91. The van der Waals surface area contributed by atoms with Gasteiger partial charge in [-0.1, -0.05) is 30.3 Å². The summed E-state index contributed by atoms with van der Waals surface area (Å²) in [5, 5.41) is 19.0. The van der Waals surface area contributed by atoms with Gasteiger partial charge in [-0.15, -0.1) is 0 Å². The molecule has 0 bridgehead atoms. The number of anilines is 1. The summed E-state index contributed by atoms with van der Waals surface area (Å²) in [5.74, 6) is 1.87. The van der Waals surface area contributed by atoms with Crippen LogP contribution in [0, 0.1) is 23.2 Å². The highest BCUT2D eigenvalue weighted by atomic mass is 16.5. The van der Waals surface area contributed by atoms with Crippen LogP contribution in [0.4, 0.5) is 5.69 Å². The Hall–Kier alpha value is -3.98. The predicted molar refractivity (Wildman–Crippen MR) is 148 cm³/mol. The molecule has 6 heteroatoms. The maximum absolute atomic E-state index is 11.4. The van der Waals surface area contributed by atoms with Crippen LogP contribution < -0.4 is 14.4 Å². The van der Waals surface area contributed by atoms with E-state index in [1.807, 2.05) is 60.7 Å². The summed E-state index contributed by atoms with van der Waals surface area (Å²) >= 11 is 0.